The molecule has 1 aromatic heterocycles. The average molecular weight is 563 g/mol. The van der Waals surface area contributed by atoms with Gasteiger partial charge in [-0.05, 0) is 64.1 Å². The van der Waals surface area contributed by atoms with Crippen LogP contribution in [0.3, 0.4) is 0 Å². The molecule has 1 aromatic rings. The molecule has 3 heterocycles. The van der Waals surface area contributed by atoms with Gasteiger partial charge in [0, 0.05) is 44.6 Å². The van der Waals surface area contributed by atoms with Crippen molar-refractivity contribution in [2.45, 2.75) is 71.4 Å². The van der Waals surface area contributed by atoms with Gasteiger partial charge in [-0.1, -0.05) is 20.3 Å². The van der Waals surface area contributed by atoms with E-state index in [1.807, 2.05) is 7.05 Å². The molecule has 2 aliphatic heterocycles. The van der Waals surface area contributed by atoms with E-state index in [1.165, 1.54) is 68.9 Å². The highest BCUT2D eigenvalue weighted by Gasteiger charge is 2.21. The maximum absolute atomic E-state index is 4.72. The topological polar surface area (TPSA) is 55.8 Å². The minimum Gasteiger partial charge on any atom is -0.356 e. The van der Waals surface area contributed by atoms with Crippen LogP contribution < -0.4 is 10.6 Å². The molecule has 3 rings (SSSR count). The van der Waals surface area contributed by atoms with Crippen LogP contribution in [0.15, 0.2) is 10.4 Å². The van der Waals surface area contributed by atoms with Crippen molar-refractivity contribution in [1.29, 1.82) is 0 Å². The molecule has 1 unspecified atom stereocenters. The molecular weight excluding hydrogens is 519 g/mol. The molecule has 2 aliphatic rings. The maximum atomic E-state index is 4.72. The second-order valence-electron chi connectivity index (χ2n) is 8.78. The molecule has 0 aliphatic carbocycles. The number of aliphatic imine (C=N–C) groups is 1. The van der Waals surface area contributed by atoms with Gasteiger partial charge >= 0.3 is 0 Å². The molecule has 1 atom stereocenters. The summed E-state index contributed by atoms with van der Waals surface area (Å²) in [5.74, 6) is 1.69. The van der Waals surface area contributed by atoms with Crippen LogP contribution in [0.1, 0.15) is 63.1 Å². The number of aromatic nitrogens is 1. The Morgan fingerprint density at radius 1 is 1.16 bits per heavy atom. The fraction of sp³-hybridized carbons (Fsp3) is 0.826. The van der Waals surface area contributed by atoms with Crippen LogP contribution in [0.4, 0.5) is 0 Å². The Morgan fingerprint density at radius 3 is 2.65 bits per heavy atom. The molecule has 0 aromatic carbocycles. The van der Waals surface area contributed by atoms with Crippen LogP contribution >= 0.6 is 35.3 Å². The first kappa shape index (κ1) is 26.8. The van der Waals surface area contributed by atoms with Crippen molar-refractivity contribution in [3.05, 3.63) is 16.1 Å². The third kappa shape index (κ3) is 8.78. The summed E-state index contributed by atoms with van der Waals surface area (Å²) >= 11 is 1.80. The highest BCUT2D eigenvalue weighted by molar-refractivity contribution is 14.0. The van der Waals surface area contributed by atoms with E-state index in [9.17, 15) is 0 Å². The summed E-state index contributed by atoms with van der Waals surface area (Å²) in [5, 5.41) is 10.6. The Kier molecular flexibility index (Phi) is 12.7. The molecule has 0 amide bonds. The minimum atomic E-state index is 0. The van der Waals surface area contributed by atoms with Crippen molar-refractivity contribution in [2.24, 2.45) is 10.9 Å². The molecule has 0 radical (unpaired) electrons. The van der Waals surface area contributed by atoms with Gasteiger partial charge in [-0.2, -0.15) is 0 Å². The largest absolute Gasteiger partial charge is 0.356 e. The molecule has 8 heteroatoms. The van der Waals surface area contributed by atoms with Gasteiger partial charge in [0.05, 0.1) is 10.7 Å². The normalized spacial score (nSPS) is 21.6. The second-order valence-corrected chi connectivity index (χ2v) is 9.72. The van der Waals surface area contributed by atoms with E-state index in [4.69, 9.17) is 4.98 Å². The lowest BCUT2D eigenvalue weighted by molar-refractivity contribution is 0.147. The number of nitrogens with one attached hydrogen (secondary N) is 2. The van der Waals surface area contributed by atoms with E-state index >= 15 is 0 Å². The molecule has 2 N–H and O–H groups in total. The summed E-state index contributed by atoms with van der Waals surface area (Å²) in [6, 6.07) is 0.776. The standard InChI is InChI=1S/C23H42N6S.HI/c1-4-21-8-6-7-12-29(21)15-11-25-23(24-3)26-16-19-9-13-28(14-10-19)17-20-18-30-22(5-2)27-20;/h18-19,21H,4-17H2,1-3H3,(H2,24,25,26);1H. The number of likely N-dealkylation sites (tertiary alicyclic amines) is 2. The molecule has 0 saturated carbocycles. The Morgan fingerprint density at radius 2 is 1.97 bits per heavy atom. The Bertz CT molecular complexity index is 644. The molecule has 2 saturated heterocycles. The monoisotopic (exact) mass is 562 g/mol. The fourth-order valence-corrected chi connectivity index (χ4v) is 5.49. The van der Waals surface area contributed by atoms with Crippen LogP contribution in [0.5, 0.6) is 0 Å². The summed E-state index contributed by atoms with van der Waals surface area (Å²) in [4.78, 5) is 14.4. The number of piperidine rings is 2. The van der Waals surface area contributed by atoms with E-state index in [1.54, 1.807) is 11.3 Å². The van der Waals surface area contributed by atoms with Crippen LogP contribution in [0, 0.1) is 5.92 Å². The smallest absolute Gasteiger partial charge is 0.191 e. The third-order valence-electron chi connectivity index (χ3n) is 6.69. The number of guanidine groups is 1. The Labute approximate surface area is 210 Å². The first-order valence-electron chi connectivity index (χ1n) is 12.1. The number of rotatable bonds is 9. The first-order valence-corrected chi connectivity index (χ1v) is 12.9. The lowest BCUT2D eigenvalue weighted by Gasteiger charge is -2.35. The van der Waals surface area contributed by atoms with Gasteiger partial charge in [0.2, 0.25) is 0 Å². The van der Waals surface area contributed by atoms with Gasteiger partial charge in [0.1, 0.15) is 0 Å². The lowest BCUT2D eigenvalue weighted by atomic mass is 9.97. The van der Waals surface area contributed by atoms with Crippen molar-refractivity contribution < 1.29 is 0 Å². The highest BCUT2D eigenvalue weighted by Crippen LogP contribution is 2.20. The maximum Gasteiger partial charge on any atom is 0.191 e. The Hall–Kier alpha value is -0.450. The zero-order chi connectivity index (χ0) is 21.2. The summed E-state index contributed by atoms with van der Waals surface area (Å²) < 4.78 is 0. The Balaban J connectivity index is 0.00000341. The molecule has 6 nitrogen and oxygen atoms in total. The highest BCUT2D eigenvalue weighted by atomic mass is 127. The number of hydrogen-bond acceptors (Lipinski definition) is 5. The fourth-order valence-electron chi connectivity index (χ4n) is 4.76. The molecular formula is C23H43IN6S. The molecule has 31 heavy (non-hydrogen) atoms. The van der Waals surface area contributed by atoms with Crippen LogP contribution in [0.25, 0.3) is 0 Å². The van der Waals surface area contributed by atoms with Crippen LogP contribution in [0.2, 0.25) is 0 Å². The summed E-state index contributed by atoms with van der Waals surface area (Å²) in [7, 11) is 1.88. The predicted molar refractivity (Wildman–Crippen MR) is 144 cm³/mol. The lowest BCUT2D eigenvalue weighted by Crippen LogP contribution is -2.47. The second kappa shape index (κ2) is 14.6. The first-order chi connectivity index (χ1) is 14.7. The van der Waals surface area contributed by atoms with Crippen molar-refractivity contribution in [2.75, 3.05) is 46.3 Å². The SMILES string of the molecule is CCc1nc(CN2CCC(CNC(=NC)NCCN3CCCCC3CC)CC2)cs1.I. The van der Waals surface area contributed by atoms with Crippen LogP contribution in [-0.4, -0.2) is 73.1 Å². The van der Waals surface area contributed by atoms with E-state index < -0.39 is 0 Å². The van der Waals surface area contributed by atoms with E-state index in [0.717, 1.165) is 50.5 Å². The van der Waals surface area contributed by atoms with Crippen molar-refractivity contribution in [3.63, 3.8) is 0 Å². The van der Waals surface area contributed by atoms with Gasteiger partial charge < -0.3 is 10.6 Å². The minimum absolute atomic E-state index is 0. The van der Waals surface area contributed by atoms with Gasteiger partial charge in [-0.3, -0.25) is 14.8 Å². The zero-order valence-corrected chi connectivity index (χ0v) is 22.9. The van der Waals surface area contributed by atoms with Gasteiger partial charge in [0.25, 0.3) is 0 Å². The summed E-state index contributed by atoms with van der Waals surface area (Å²) in [6.45, 7) is 12.2. The van der Waals surface area contributed by atoms with Gasteiger partial charge in [0.15, 0.2) is 5.96 Å². The number of thiazole rings is 1. The summed E-state index contributed by atoms with van der Waals surface area (Å²) in [5.41, 5.74) is 1.25. The van der Waals surface area contributed by atoms with Crippen molar-refractivity contribution in [3.8, 4) is 0 Å². The van der Waals surface area contributed by atoms with E-state index in [2.05, 4.69) is 44.7 Å². The molecule has 178 valence electrons. The predicted octanol–water partition coefficient (Wildman–Crippen LogP) is 3.97. The van der Waals surface area contributed by atoms with Gasteiger partial charge in [-0.15, -0.1) is 35.3 Å². The zero-order valence-electron chi connectivity index (χ0n) is 19.7. The van der Waals surface area contributed by atoms with Crippen LogP contribution in [-0.2, 0) is 13.0 Å². The molecule has 0 spiro atoms. The quantitative estimate of drug-likeness (QED) is 0.271. The van der Waals surface area contributed by atoms with E-state index in [-0.39, 0.29) is 24.0 Å². The van der Waals surface area contributed by atoms with Gasteiger partial charge in [-0.25, -0.2) is 4.98 Å². The molecule has 0 bridgehead atoms. The molecule has 2 fully saturated rings. The number of aryl methyl sites for hydroxylation is 1. The van der Waals surface area contributed by atoms with Crippen molar-refractivity contribution in [1.82, 2.24) is 25.4 Å². The number of nitrogens with zero attached hydrogens (tertiary/aromatic N) is 4. The number of hydrogen-bond donors (Lipinski definition) is 2. The third-order valence-corrected chi connectivity index (χ3v) is 7.73. The summed E-state index contributed by atoms with van der Waals surface area (Å²) in [6.07, 6.45) is 8.93. The van der Waals surface area contributed by atoms with E-state index in [0.29, 0.717) is 0 Å². The number of halogens is 1. The average Bonchev–Trinajstić information content (AvgIpc) is 3.25. The van der Waals surface area contributed by atoms with Crippen molar-refractivity contribution >= 4 is 41.3 Å².